The van der Waals surface area contributed by atoms with Crippen LogP contribution < -0.4 is 10.6 Å². The van der Waals surface area contributed by atoms with Gasteiger partial charge >= 0.3 is 0 Å². The van der Waals surface area contributed by atoms with E-state index in [9.17, 15) is 9.59 Å². The van der Waals surface area contributed by atoms with Gasteiger partial charge in [0, 0.05) is 17.1 Å². The number of hydrogen-bond acceptors (Lipinski definition) is 2. The SMILES string of the molecule is Cc1ccc(NC(=O)[C@@H](Cc2ccccc2)NC(=O)[C@]2(C)CCC[C@]3(C)c4ccc(C(C)C)cc4CC[C@@H]23)cc1Cl. The number of fused-ring (bicyclic) bond motifs is 3. The highest BCUT2D eigenvalue weighted by Crippen LogP contribution is 2.57. The van der Waals surface area contributed by atoms with Gasteiger partial charge in [0.15, 0.2) is 0 Å². The number of benzene rings is 3. The molecule has 216 valence electrons. The van der Waals surface area contributed by atoms with Crippen molar-refractivity contribution in [3.8, 4) is 0 Å². The van der Waals surface area contributed by atoms with Crippen molar-refractivity contribution in [3.63, 3.8) is 0 Å². The second-order valence-electron chi connectivity index (χ2n) is 13.0. The third kappa shape index (κ3) is 5.81. The van der Waals surface area contributed by atoms with Crippen molar-refractivity contribution in [1.29, 1.82) is 0 Å². The first kappa shape index (κ1) is 29.4. The van der Waals surface area contributed by atoms with Crippen molar-refractivity contribution in [2.75, 3.05) is 5.32 Å². The van der Waals surface area contributed by atoms with Crippen molar-refractivity contribution >= 4 is 29.1 Å². The Morgan fingerprint density at radius 2 is 1.76 bits per heavy atom. The summed E-state index contributed by atoms with van der Waals surface area (Å²) in [6, 6.07) is 21.7. The highest BCUT2D eigenvalue weighted by atomic mass is 35.5. The highest BCUT2D eigenvalue weighted by Gasteiger charge is 2.55. The van der Waals surface area contributed by atoms with Gasteiger partial charge in [0.1, 0.15) is 6.04 Å². The van der Waals surface area contributed by atoms with Crippen LogP contribution in [0.1, 0.15) is 87.1 Å². The Morgan fingerprint density at radius 1 is 1.00 bits per heavy atom. The third-order valence-electron chi connectivity index (χ3n) is 9.91. The van der Waals surface area contributed by atoms with Gasteiger partial charge in [-0.15, -0.1) is 0 Å². The predicted molar refractivity (Wildman–Crippen MR) is 169 cm³/mol. The van der Waals surface area contributed by atoms with Gasteiger partial charge in [0.2, 0.25) is 11.8 Å². The van der Waals surface area contributed by atoms with E-state index >= 15 is 0 Å². The summed E-state index contributed by atoms with van der Waals surface area (Å²) in [6.07, 6.45) is 5.27. The second-order valence-corrected chi connectivity index (χ2v) is 13.4. The van der Waals surface area contributed by atoms with Crippen molar-refractivity contribution < 1.29 is 9.59 Å². The standard InChI is InChI=1S/C36H43ClN2O2/c1-23(2)26-13-16-29-27(21-26)14-17-32-35(29,4)18-9-19-36(32,5)34(41)39-31(20-25-10-7-6-8-11-25)33(40)38-28-15-12-24(3)30(37)22-28/h6-8,10-13,15-16,21-23,31-32H,9,14,17-20H2,1-5H3,(H,38,40)(H,39,41)/t31-,32-,35-,36-/m1/s1. The second kappa shape index (κ2) is 11.6. The van der Waals surface area contributed by atoms with E-state index in [4.69, 9.17) is 11.6 Å². The Balaban J connectivity index is 1.41. The average molecular weight is 571 g/mol. The highest BCUT2D eigenvalue weighted by molar-refractivity contribution is 6.31. The van der Waals surface area contributed by atoms with Crippen LogP contribution in [0, 0.1) is 18.3 Å². The molecule has 0 aromatic heterocycles. The van der Waals surface area contributed by atoms with Crippen molar-refractivity contribution in [3.05, 3.63) is 99.6 Å². The number of aryl methyl sites for hydroxylation is 2. The maximum Gasteiger partial charge on any atom is 0.247 e. The lowest BCUT2D eigenvalue weighted by Gasteiger charge is -2.54. The molecule has 0 heterocycles. The summed E-state index contributed by atoms with van der Waals surface area (Å²) < 4.78 is 0. The molecule has 1 fully saturated rings. The van der Waals surface area contributed by atoms with Gasteiger partial charge in [-0.25, -0.2) is 0 Å². The largest absolute Gasteiger partial charge is 0.343 e. The number of carbonyl (C=O) groups is 2. The molecule has 5 rings (SSSR count). The van der Waals surface area contributed by atoms with E-state index in [0.29, 0.717) is 23.0 Å². The minimum atomic E-state index is -0.709. The number of rotatable bonds is 7. The predicted octanol–water partition coefficient (Wildman–Crippen LogP) is 8.15. The molecule has 4 nitrogen and oxygen atoms in total. The van der Waals surface area contributed by atoms with Crippen LogP contribution in [0.2, 0.25) is 5.02 Å². The van der Waals surface area contributed by atoms with Crippen molar-refractivity contribution in [2.24, 2.45) is 11.3 Å². The monoisotopic (exact) mass is 570 g/mol. The first-order chi connectivity index (χ1) is 19.5. The van der Waals surface area contributed by atoms with E-state index in [1.807, 2.05) is 49.4 Å². The number of carbonyl (C=O) groups excluding carboxylic acids is 2. The molecule has 0 aliphatic heterocycles. The molecule has 2 aliphatic carbocycles. The topological polar surface area (TPSA) is 58.2 Å². The molecule has 2 aliphatic rings. The van der Waals surface area contributed by atoms with Crippen molar-refractivity contribution in [1.82, 2.24) is 5.32 Å². The van der Waals surface area contributed by atoms with Gasteiger partial charge in [-0.3, -0.25) is 9.59 Å². The van der Waals surface area contributed by atoms with Crippen LogP contribution in [-0.4, -0.2) is 17.9 Å². The summed E-state index contributed by atoms with van der Waals surface area (Å²) in [5.41, 5.74) is 6.17. The van der Waals surface area contributed by atoms with Crippen LogP contribution in [0.3, 0.4) is 0 Å². The Labute approximate surface area is 250 Å². The molecule has 0 radical (unpaired) electrons. The van der Waals surface area contributed by atoms with E-state index in [0.717, 1.165) is 43.2 Å². The normalized spacial score (nSPS) is 24.2. The van der Waals surface area contributed by atoms with Crippen LogP contribution in [0.4, 0.5) is 5.69 Å². The van der Waals surface area contributed by atoms with Gasteiger partial charge in [-0.2, -0.15) is 0 Å². The zero-order valence-corrected chi connectivity index (χ0v) is 25.8. The lowest BCUT2D eigenvalue weighted by molar-refractivity contribution is -0.141. The van der Waals surface area contributed by atoms with Gasteiger partial charge in [0.05, 0.1) is 5.41 Å². The van der Waals surface area contributed by atoms with Crippen LogP contribution in [-0.2, 0) is 27.8 Å². The fourth-order valence-electron chi connectivity index (χ4n) is 7.42. The smallest absolute Gasteiger partial charge is 0.247 e. The van der Waals surface area contributed by atoms with E-state index in [2.05, 4.69) is 56.5 Å². The summed E-state index contributed by atoms with van der Waals surface area (Å²) in [6.45, 7) is 10.9. The Kier molecular flexibility index (Phi) is 8.34. The minimum Gasteiger partial charge on any atom is -0.343 e. The molecule has 2 N–H and O–H groups in total. The molecule has 3 aromatic rings. The van der Waals surface area contributed by atoms with Crippen LogP contribution in [0.5, 0.6) is 0 Å². The minimum absolute atomic E-state index is 0.0197. The number of anilines is 1. The fraction of sp³-hybridized carbons (Fsp3) is 0.444. The van der Waals surface area contributed by atoms with E-state index in [1.54, 1.807) is 6.07 Å². The maximum atomic E-state index is 14.3. The van der Waals surface area contributed by atoms with Gasteiger partial charge in [-0.1, -0.05) is 100 Å². The fourth-order valence-corrected chi connectivity index (χ4v) is 7.61. The molecule has 3 aromatic carbocycles. The average Bonchev–Trinajstić information content (AvgIpc) is 2.94. The van der Waals surface area contributed by atoms with Gasteiger partial charge in [0.25, 0.3) is 0 Å². The summed E-state index contributed by atoms with van der Waals surface area (Å²) in [5.74, 6) is 0.447. The quantitative estimate of drug-likeness (QED) is 0.301. The molecular formula is C36H43ClN2O2. The maximum absolute atomic E-state index is 14.3. The molecule has 1 saturated carbocycles. The zero-order chi connectivity index (χ0) is 29.4. The van der Waals surface area contributed by atoms with Crippen molar-refractivity contribution in [2.45, 2.75) is 90.5 Å². The lowest BCUT2D eigenvalue weighted by atomic mass is 9.49. The molecule has 4 atom stereocenters. The Morgan fingerprint density at radius 3 is 2.46 bits per heavy atom. The molecule has 0 saturated heterocycles. The van der Waals surface area contributed by atoms with E-state index in [-0.39, 0.29) is 23.1 Å². The zero-order valence-electron chi connectivity index (χ0n) is 25.0. The van der Waals surface area contributed by atoms with Crippen LogP contribution >= 0.6 is 11.6 Å². The number of halogens is 1. The number of hydrogen-bond donors (Lipinski definition) is 2. The lowest BCUT2D eigenvalue weighted by Crippen LogP contribution is -2.58. The summed E-state index contributed by atoms with van der Waals surface area (Å²) in [4.78, 5) is 28.0. The summed E-state index contributed by atoms with van der Waals surface area (Å²) in [7, 11) is 0. The first-order valence-electron chi connectivity index (χ1n) is 15.1. The Hall–Kier alpha value is -3.11. The molecule has 5 heteroatoms. The van der Waals surface area contributed by atoms with Gasteiger partial charge in [-0.05, 0) is 89.8 Å². The van der Waals surface area contributed by atoms with Crippen LogP contribution in [0.25, 0.3) is 0 Å². The molecule has 41 heavy (non-hydrogen) atoms. The van der Waals surface area contributed by atoms with Gasteiger partial charge < -0.3 is 10.6 Å². The van der Waals surface area contributed by atoms with Crippen LogP contribution in [0.15, 0.2) is 66.7 Å². The Bertz CT molecular complexity index is 1430. The number of nitrogens with one attached hydrogen (secondary N) is 2. The number of amides is 2. The molecule has 0 unspecified atom stereocenters. The molecule has 0 bridgehead atoms. The molecular weight excluding hydrogens is 528 g/mol. The molecule has 0 spiro atoms. The third-order valence-corrected chi connectivity index (χ3v) is 10.3. The molecule has 2 amide bonds. The summed E-state index contributed by atoms with van der Waals surface area (Å²) >= 11 is 6.33. The van der Waals surface area contributed by atoms with E-state index in [1.165, 1.54) is 16.7 Å². The first-order valence-corrected chi connectivity index (χ1v) is 15.4. The van der Waals surface area contributed by atoms with E-state index < -0.39 is 11.5 Å². The summed E-state index contributed by atoms with van der Waals surface area (Å²) in [5, 5.41) is 6.84.